The van der Waals surface area contributed by atoms with Crippen molar-refractivity contribution in [2.24, 2.45) is 0 Å². The second-order valence-corrected chi connectivity index (χ2v) is 4.59. The van der Waals surface area contributed by atoms with Crippen molar-refractivity contribution >= 4 is 0 Å². The highest BCUT2D eigenvalue weighted by Gasteiger charge is 2.09. The Morgan fingerprint density at radius 3 is 2.50 bits per heavy atom. The van der Waals surface area contributed by atoms with Gasteiger partial charge in [0.15, 0.2) is 0 Å². The van der Waals surface area contributed by atoms with Crippen molar-refractivity contribution in [2.75, 3.05) is 26.2 Å². The van der Waals surface area contributed by atoms with Crippen molar-refractivity contribution in [2.45, 2.75) is 33.8 Å². The third-order valence-electron chi connectivity index (χ3n) is 3.17. The van der Waals surface area contributed by atoms with Gasteiger partial charge in [0.2, 0.25) is 0 Å². The minimum Gasteiger partial charge on any atom is -0.492 e. The van der Waals surface area contributed by atoms with Gasteiger partial charge in [0.25, 0.3) is 0 Å². The molecular weight excluding hydrogens is 226 g/mol. The van der Waals surface area contributed by atoms with Crippen LogP contribution < -0.4 is 4.74 Å². The van der Waals surface area contributed by atoms with Gasteiger partial charge in [0.05, 0.1) is 6.10 Å². The summed E-state index contributed by atoms with van der Waals surface area (Å²) in [7, 11) is 0. The Kier molecular flexibility index (Phi) is 6.16. The molecule has 0 saturated carbocycles. The number of ether oxygens (including phenoxy) is 1. The number of nitrogens with zero attached hydrogens (tertiary/aromatic N) is 1. The largest absolute Gasteiger partial charge is 0.492 e. The molecule has 1 aromatic rings. The summed E-state index contributed by atoms with van der Waals surface area (Å²) >= 11 is 0. The van der Waals surface area contributed by atoms with Gasteiger partial charge in [0, 0.05) is 12.1 Å². The first-order valence-corrected chi connectivity index (χ1v) is 6.72. The van der Waals surface area contributed by atoms with E-state index in [0.717, 1.165) is 36.5 Å². The van der Waals surface area contributed by atoms with Gasteiger partial charge in [-0.3, -0.25) is 0 Å². The first-order chi connectivity index (χ1) is 8.58. The van der Waals surface area contributed by atoms with Crippen molar-refractivity contribution in [1.82, 2.24) is 4.90 Å². The number of benzene rings is 1. The van der Waals surface area contributed by atoms with Crippen LogP contribution >= 0.6 is 0 Å². The zero-order valence-electron chi connectivity index (χ0n) is 11.9. The third kappa shape index (κ3) is 4.31. The molecule has 3 nitrogen and oxygen atoms in total. The van der Waals surface area contributed by atoms with E-state index in [9.17, 15) is 5.11 Å². The van der Waals surface area contributed by atoms with Gasteiger partial charge in [0.1, 0.15) is 12.4 Å². The van der Waals surface area contributed by atoms with Crippen LogP contribution in [0.15, 0.2) is 18.2 Å². The number of rotatable bonds is 7. The Labute approximate surface area is 110 Å². The van der Waals surface area contributed by atoms with Crippen LogP contribution in [0.5, 0.6) is 5.75 Å². The van der Waals surface area contributed by atoms with E-state index in [1.54, 1.807) is 6.92 Å². The van der Waals surface area contributed by atoms with Crippen molar-refractivity contribution in [3.63, 3.8) is 0 Å². The highest BCUT2D eigenvalue weighted by molar-refractivity contribution is 5.38. The molecule has 0 fully saturated rings. The van der Waals surface area contributed by atoms with E-state index in [-0.39, 0.29) is 0 Å². The van der Waals surface area contributed by atoms with Crippen LogP contribution in [0.1, 0.15) is 38.0 Å². The molecule has 18 heavy (non-hydrogen) atoms. The summed E-state index contributed by atoms with van der Waals surface area (Å²) in [5.41, 5.74) is 2.01. The lowest BCUT2D eigenvalue weighted by molar-refractivity contribution is 0.184. The van der Waals surface area contributed by atoms with Crippen LogP contribution in [-0.4, -0.2) is 36.2 Å². The topological polar surface area (TPSA) is 32.7 Å². The average molecular weight is 251 g/mol. The van der Waals surface area contributed by atoms with Gasteiger partial charge in [-0.1, -0.05) is 25.5 Å². The summed E-state index contributed by atoms with van der Waals surface area (Å²) in [6.07, 6.45) is -0.492. The molecule has 1 aromatic carbocycles. The lowest BCUT2D eigenvalue weighted by Gasteiger charge is -2.19. The zero-order chi connectivity index (χ0) is 13.5. The molecule has 1 atom stereocenters. The van der Waals surface area contributed by atoms with Crippen LogP contribution in [0.4, 0.5) is 0 Å². The van der Waals surface area contributed by atoms with Crippen molar-refractivity contribution < 1.29 is 9.84 Å². The predicted molar refractivity (Wildman–Crippen MR) is 75.1 cm³/mol. The molecular formula is C15H25NO2. The fourth-order valence-electron chi connectivity index (χ4n) is 1.95. The maximum absolute atomic E-state index is 9.74. The summed E-state index contributed by atoms with van der Waals surface area (Å²) in [6, 6.07) is 5.94. The minimum atomic E-state index is -0.492. The molecule has 0 aliphatic carbocycles. The molecule has 0 radical (unpaired) electrons. The van der Waals surface area contributed by atoms with Gasteiger partial charge in [-0.05, 0) is 39.1 Å². The van der Waals surface area contributed by atoms with E-state index in [2.05, 4.69) is 18.7 Å². The molecule has 0 saturated heterocycles. The van der Waals surface area contributed by atoms with Gasteiger partial charge >= 0.3 is 0 Å². The summed E-state index contributed by atoms with van der Waals surface area (Å²) in [6.45, 7) is 11.7. The second kappa shape index (κ2) is 7.39. The molecule has 1 N–H and O–H groups in total. The molecule has 0 aliphatic rings. The Hall–Kier alpha value is -1.06. The molecule has 1 rings (SSSR count). The fraction of sp³-hybridized carbons (Fsp3) is 0.600. The SMILES string of the molecule is CCN(CC)CCOc1ccc(C)cc1[C@@H](C)O. The smallest absolute Gasteiger partial charge is 0.125 e. The molecule has 3 heteroatoms. The number of aryl methyl sites for hydroxylation is 1. The maximum Gasteiger partial charge on any atom is 0.125 e. The quantitative estimate of drug-likeness (QED) is 0.809. The van der Waals surface area contributed by atoms with Gasteiger partial charge in [-0.15, -0.1) is 0 Å². The number of hydrogen-bond donors (Lipinski definition) is 1. The summed E-state index contributed by atoms with van der Waals surface area (Å²) in [4.78, 5) is 2.32. The highest BCUT2D eigenvalue weighted by Crippen LogP contribution is 2.26. The molecule has 0 aliphatic heterocycles. The van der Waals surface area contributed by atoms with Gasteiger partial charge in [-0.2, -0.15) is 0 Å². The van der Waals surface area contributed by atoms with E-state index in [1.165, 1.54) is 0 Å². The molecule has 0 spiro atoms. The van der Waals surface area contributed by atoms with Crippen LogP contribution in [-0.2, 0) is 0 Å². The monoisotopic (exact) mass is 251 g/mol. The molecule has 0 heterocycles. The lowest BCUT2D eigenvalue weighted by atomic mass is 10.1. The van der Waals surface area contributed by atoms with Crippen LogP contribution in [0.3, 0.4) is 0 Å². The first-order valence-electron chi connectivity index (χ1n) is 6.72. The Morgan fingerprint density at radius 1 is 1.28 bits per heavy atom. The van der Waals surface area contributed by atoms with E-state index >= 15 is 0 Å². The maximum atomic E-state index is 9.74. The minimum absolute atomic E-state index is 0.492. The number of hydrogen-bond acceptors (Lipinski definition) is 3. The molecule has 0 bridgehead atoms. The van der Waals surface area contributed by atoms with Crippen LogP contribution in [0.2, 0.25) is 0 Å². The molecule has 0 aromatic heterocycles. The normalized spacial score (nSPS) is 12.8. The third-order valence-corrected chi connectivity index (χ3v) is 3.17. The van der Waals surface area contributed by atoms with E-state index in [1.807, 2.05) is 25.1 Å². The Bertz CT molecular complexity index is 360. The van der Waals surface area contributed by atoms with Gasteiger partial charge < -0.3 is 14.7 Å². The summed E-state index contributed by atoms with van der Waals surface area (Å²) in [5, 5.41) is 9.74. The molecule has 0 amide bonds. The first kappa shape index (κ1) is 15.0. The zero-order valence-corrected chi connectivity index (χ0v) is 11.9. The Morgan fingerprint density at radius 2 is 1.94 bits per heavy atom. The lowest BCUT2D eigenvalue weighted by Crippen LogP contribution is -2.28. The van der Waals surface area contributed by atoms with Crippen molar-refractivity contribution in [3.05, 3.63) is 29.3 Å². The van der Waals surface area contributed by atoms with E-state index in [0.29, 0.717) is 6.61 Å². The van der Waals surface area contributed by atoms with Crippen molar-refractivity contribution in [1.29, 1.82) is 0 Å². The summed E-state index contributed by atoms with van der Waals surface area (Å²) < 4.78 is 5.79. The van der Waals surface area contributed by atoms with Crippen molar-refractivity contribution in [3.8, 4) is 5.75 Å². The number of aliphatic hydroxyl groups excluding tert-OH is 1. The Balaban J connectivity index is 2.61. The van der Waals surface area contributed by atoms with Crippen LogP contribution in [0.25, 0.3) is 0 Å². The van der Waals surface area contributed by atoms with E-state index in [4.69, 9.17) is 4.74 Å². The van der Waals surface area contributed by atoms with Crippen LogP contribution in [0, 0.1) is 6.92 Å². The molecule has 102 valence electrons. The number of aliphatic hydroxyl groups is 1. The highest BCUT2D eigenvalue weighted by atomic mass is 16.5. The van der Waals surface area contributed by atoms with Gasteiger partial charge in [-0.25, -0.2) is 0 Å². The van der Waals surface area contributed by atoms with E-state index < -0.39 is 6.10 Å². The fourth-order valence-corrected chi connectivity index (χ4v) is 1.95. The summed E-state index contributed by atoms with van der Waals surface area (Å²) in [5.74, 6) is 0.794. The molecule has 0 unspecified atom stereocenters. The average Bonchev–Trinajstić information content (AvgIpc) is 2.36. The standard InChI is InChI=1S/C15H25NO2/c1-5-16(6-2)9-10-18-15-8-7-12(3)11-14(15)13(4)17/h7-8,11,13,17H,5-6,9-10H2,1-4H3/t13-/m1/s1. The second-order valence-electron chi connectivity index (χ2n) is 4.59. The predicted octanol–water partition coefficient (Wildman–Crippen LogP) is 2.77. The number of likely N-dealkylation sites (N-methyl/N-ethyl adjacent to an activating group) is 1.